The van der Waals surface area contributed by atoms with Gasteiger partial charge in [-0.1, -0.05) is 12.8 Å². The highest BCUT2D eigenvalue weighted by atomic mass is 32.2. The first-order valence-corrected chi connectivity index (χ1v) is 8.45. The first kappa shape index (κ1) is 13.8. The molecule has 1 aliphatic carbocycles. The van der Waals surface area contributed by atoms with Gasteiger partial charge in [0.15, 0.2) is 9.84 Å². The second kappa shape index (κ2) is 5.57. The van der Waals surface area contributed by atoms with E-state index in [0.717, 1.165) is 32.1 Å². The van der Waals surface area contributed by atoms with E-state index in [-0.39, 0.29) is 29.4 Å². The molecule has 0 bridgehead atoms. The predicted molar refractivity (Wildman–Crippen MR) is 69.8 cm³/mol. The molecular weight excluding hydrogens is 252 g/mol. The van der Waals surface area contributed by atoms with Crippen LogP contribution in [-0.4, -0.2) is 49.4 Å². The summed E-state index contributed by atoms with van der Waals surface area (Å²) in [7, 11) is -3.08. The molecule has 5 nitrogen and oxygen atoms in total. The topological polar surface area (TPSA) is 80.5 Å². The molecule has 0 aromatic carbocycles. The Hall–Kier alpha value is -0.620. The minimum absolute atomic E-state index is 0.00222. The van der Waals surface area contributed by atoms with Crippen molar-refractivity contribution in [2.45, 2.75) is 49.8 Å². The lowest BCUT2D eigenvalue weighted by molar-refractivity contribution is -0.129. The van der Waals surface area contributed by atoms with Crippen LogP contribution in [0.1, 0.15) is 38.5 Å². The van der Waals surface area contributed by atoms with Crippen LogP contribution in [0.2, 0.25) is 0 Å². The van der Waals surface area contributed by atoms with Crippen LogP contribution in [0.4, 0.5) is 0 Å². The molecule has 1 aliphatic heterocycles. The van der Waals surface area contributed by atoms with E-state index in [2.05, 4.69) is 0 Å². The summed E-state index contributed by atoms with van der Waals surface area (Å²) in [5.74, 6) is -0.0630. The minimum Gasteiger partial charge on any atom is -0.341 e. The van der Waals surface area contributed by atoms with Crippen molar-refractivity contribution in [2.24, 2.45) is 5.73 Å². The van der Waals surface area contributed by atoms with Gasteiger partial charge in [0.05, 0.1) is 11.0 Å². The molecule has 1 saturated carbocycles. The van der Waals surface area contributed by atoms with Gasteiger partial charge in [0, 0.05) is 25.6 Å². The maximum Gasteiger partial charge on any atom is 0.223 e. The van der Waals surface area contributed by atoms with Gasteiger partial charge in [0.1, 0.15) is 0 Å². The van der Waals surface area contributed by atoms with Gasteiger partial charge in [-0.15, -0.1) is 0 Å². The number of amides is 1. The number of likely N-dealkylation sites (tertiary alicyclic amines) is 1. The quantitative estimate of drug-likeness (QED) is 0.799. The Bertz CT molecular complexity index is 402. The monoisotopic (exact) mass is 274 g/mol. The first-order valence-electron chi connectivity index (χ1n) is 6.74. The molecule has 0 aromatic heterocycles. The van der Waals surface area contributed by atoms with Gasteiger partial charge >= 0.3 is 0 Å². The Morgan fingerprint density at radius 2 is 1.89 bits per heavy atom. The highest BCUT2D eigenvalue weighted by Crippen LogP contribution is 2.25. The summed E-state index contributed by atoms with van der Waals surface area (Å²) in [6.07, 6.45) is 4.47. The first-order chi connectivity index (χ1) is 8.49. The summed E-state index contributed by atoms with van der Waals surface area (Å²) >= 11 is 0. The van der Waals surface area contributed by atoms with Crippen LogP contribution >= 0.6 is 0 Å². The summed E-state index contributed by atoms with van der Waals surface area (Å²) < 4.78 is 24.0. The zero-order valence-electron chi connectivity index (χ0n) is 10.7. The summed E-state index contributed by atoms with van der Waals surface area (Å²) in [6.45, 7) is 1.24. The zero-order chi connectivity index (χ0) is 13.2. The molecule has 2 rings (SSSR count). The molecule has 0 radical (unpaired) electrons. The van der Waals surface area contributed by atoms with Gasteiger partial charge in [0.25, 0.3) is 0 Å². The molecule has 104 valence electrons. The average molecular weight is 274 g/mol. The highest BCUT2D eigenvalue weighted by Gasteiger charge is 2.30. The molecule has 1 saturated heterocycles. The Kier molecular flexibility index (Phi) is 4.27. The lowest BCUT2D eigenvalue weighted by atomic mass is 10.3. The van der Waals surface area contributed by atoms with Gasteiger partial charge in [0.2, 0.25) is 5.91 Å². The SMILES string of the molecule is N[C@@H]1CCN(C(=O)CCS(=O)(=O)C2CCCC2)C1. The molecule has 0 spiro atoms. The molecule has 1 atom stereocenters. The van der Waals surface area contributed by atoms with Crippen molar-refractivity contribution >= 4 is 15.7 Å². The summed E-state index contributed by atoms with van der Waals surface area (Å²) in [5.41, 5.74) is 5.73. The second-order valence-corrected chi connectivity index (χ2v) is 7.81. The average Bonchev–Trinajstić information content (AvgIpc) is 2.96. The summed E-state index contributed by atoms with van der Waals surface area (Å²) in [4.78, 5) is 13.5. The molecule has 1 heterocycles. The van der Waals surface area contributed by atoms with Gasteiger partial charge in [-0.25, -0.2) is 8.42 Å². The number of nitrogens with zero attached hydrogens (tertiary/aromatic N) is 1. The Morgan fingerprint density at radius 1 is 1.22 bits per heavy atom. The van der Waals surface area contributed by atoms with Gasteiger partial charge in [-0.3, -0.25) is 4.79 Å². The number of hydrogen-bond acceptors (Lipinski definition) is 4. The Balaban J connectivity index is 1.82. The van der Waals surface area contributed by atoms with Gasteiger partial charge in [-0.2, -0.15) is 0 Å². The van der Waals surface area contributed by atoms with Crippen molar-refractivity contribution in [2.75, 3.05) is 18.8 Å². The molecule has 18 heavy (non-hydrogen) atoms. The fourth-order valence-electron chi connectivity index (χ4n) is 2.82. The molecule has 1 amide bonds. The summed E-state index contributed by atoms with van der Waals surface area (Å²) in [5, 5.41) is -0.203. The van der Waals surface area contributed by atoms with Crippen LogP contribution in [-0.2, 0) is 14.6 Å². The lowest BCUT2D eigenvalue weighted by Gasteiger charge is -2.16. The van der Waals surface area contributed by atoms with Crippen molar-refractivity contribution in [3.63, 3.8) is 0 Å². The van der Waals surface area contributed by atoms with Crippen molar-refractivity contribution in [1.82, 2.24) is 4.90 Å². The van der Waals surface area contributed by atoms with Crippen molar-refractivity contribution < 1.29 is 13.2 Å². The second-order valence-electron chi connectivity index (χ2n) is 5.41. The third-order valence-corrected chi connectivity index (χ3v) is 6.25. The zero-order valence-corrected chi connectivity index (χ0v) is 11.5. The van der Waals surface area contributed by atoms with E-state index in [1.807, 2.05) is 0 Å². The third kappa shape index (κ3) is 3.23. The normalized spacial score (nSPS) is 25.8. The van der Waals surface area contributed by atoms with Crippen LogP contribution < -0.4 is 5.73 Å². The van der Waals surface area contributed by atoms with Gasteiger partial charge in [-0.05, 0) is 19.3 Å². The van der Waals surface area contributed by atoms with E-state index in [1.165, 1.54) is 0 Å². The maximum absolute atomic E-state index is 12.0. The standard InChI is InChI=1S/C12H22N2O3S/c13-10-5-7-14(9-10)12(15)6-8-18(16,17)11-3-1-2-4-11/h10-11H,1-9,13H2/t10-/m1/s1. The summed E-state index contributed by atoms with van der Waals surface area (Å²) in [6, 6.07) is 0.0559. The number of sulfone groups is 1. The molecule has 2 N–H and O–H groups in total. The van der Waals surface area contributed by atoms with Crippen LogP contribution in [0.15, 0.2) is 0 Å². The van der Waals surface area contributed by atoms with E-state index in [4.69, 9.17) is 5.73 Å². The molecular formula is C12H22N2O3S. The minimum atomic E-state index is -3.08. The fourth-order valence-corrected chi connectivity index (χ4v) is 4.66. The van der Waals surface area contributed by atoms with E-state index < -0.39 is 9.84 Å². The van der Waals surface area contributed by atoms with E-state index in [9.17, 15) is 13.2 Å². The van der Waals surface area contributed by atoms with Crippen LogP contribution in [0, 0.1) is 0 Å². The van der Waals surface area contributed by atoms with Gasteiger partial charge < -0.3 is 10.6 Å². The van der Waals surface area contributed by atoms with Crippen LogP contribution in [0.3, 0.4) is 0 Å². The molecule has 0 aromatic rings. The highest BCUT2D eigenvalue weighted by molar-refractivity contribution is 7.92. The number of carbonyl (C=O) groups excluding carboxylic acids is 1. The van der Waals surface area contributed by atoms with E-state index in [0.29, 0.717) is 13.1 Å². The van der Waals surface area contributed by atoms with E-state index >= 15 is 0 Å². The maximum atomic E-state index is 12.0. The third-order valence-electron chi connectivity index (χ3n) is 3.99. The molecule has 2 aliphatic rings. The molecule has 0 unspecified atom stereocenters. The number of hydrogen-bond donors (Lipinski definition) is 1. The number of nitrogens with two attached hydrogens (primary N) is 1. The van der Waals surface area contributed by atoms with E-state index in [1.54, 1.807) is 4.90 Å². The Labute approximate surface area is 109 Å². The van der Waals surface area contributed by atoms with Crippen molar-refractivity contribution in [1.29, 1.82) is 0 Å². The number of carbonyl (C=O) groups is 1. The molecule has 6 heteroatoms. The number of rotatable bonds is 4. The van der Waals surface area contributed by atoms with Crippen LogP contribution in [0.25, 0.3) is 0 Å². The largest absolute Gasteiger partial charge is 0.341 e. The fraction of sp³-hybridized carbons (Fsp3) is 0.917. The van der Waals surface area contributed by atoms with Crippen molar-refractivity contribution in [3.05, 3.63) is 0 Å². The molecule has 2 fully saturated rings. The predicted octanol–water partition coefficient (Wildman–Crippen LogP) is 0.293. The van der Waals surface area contributed by atoms with Crippen molar-refractivity contribution in [3.8, 4) is 0 Å². The van der Waals surface area contributed by atoms with Crippen LogP contribution in [0.5, 0.6) is 0 Å². The lowest BCUT2D eigenvalue weighted by Crippen LogP contribution is -2.33. The smallest absolute Gasteiger partial charge is 0.223 e. The Morgan fingerprint density at radius 3 is 2.44 bits per heavy atom.